The number of nitrogens with zero attached hydrogens (tertiary/aromatic N) is 1. The fourth-order valence-corrected chi connectivity index (χ4v) is 4.95. The molecule has 0 aromatic heterocycles. The number of benzene rings is 1. The van der Waals surface area contributed by atoms with Crippen molar-refractivity contribution in [3.8, 4) is 5.75 Å². The van der Waals surface area contributed by atoms with E-state index in [1.807, 2.05) is 25.1 Å². The van der Waals surface area contributed by atoms with E-state index >= 15 is 0 Å². The van der Waals surface area contributed by atoms with Crippen molar-refractivity contribution in [2.45, 2.75) is 65.0 Å². The quantitative estimate of drug-likeness (QED) is 0.810. The van der Waals surface area contributed by atoms with E-state index in [1.165, 1.54) is 5.56 Å². The Morgan fingerprint density at radius 2 is 2.12 bits per heavy atom. The van der Waals surface area contributed by atoms with Crippen molar-refractivity contribution in [1.82, 2.24) is 4.90 Å². The van der Waals surface area contributed by atoms with E-state index in [-0.39, 0.29) is 16.9 Å². The van der Waals surface area contributed by atoms with Crippen LogP contribution >= 0.6 is 0 Å². The van der Waals surface area contributed by atoms with Crippen LogP contribution in [0.3, 0.4) is 0 Å². The van der Waals surface area contributed by atoms with Gasteiger partial charge in [-0.2, -0.15) is 0 Å². The zero-order chi connectivity index (χ0) is 18.2. The Labute approximate surface area is 152 Å². The van der Waals surface area contributed by atoms with Gasteiger partial charge in [0.2, 0.25) is 0 Å². The number of fused-ring (bicyclic) bond motifs is 4. The van der Waals surface area contributed by atoms with Gasteiger partial charge in [0.15, 0.2) is 0 Å². The second-order valence-corrected chi connectivity index (χ2v) is 8.53. The van der Waals surface area contributed by atoms with Gasteiger partial charge >= 0.3 is 0 Å². The second-order valence-electron chi connectivity index (χ2n) is 8.53. The first-order chi connectivity index (χ1) is 11.8. The molecule has 1 fully saturated rings. The van der Waals surface area contributed by atoms with Gasteiger partial charge in [-0.05, 0) is 55.8 Å². The summed E-state index contributed by atoms with van der Waals surface area (Å²) in [6.45, 7) is 14.1. The van der Waals surface area contributed by atoms with E-state index in [9.17, 15) is 5.11 Å². The Bertz CT molecular complexity index is 651. The molecule has 2 aliphatic rings. The lowest BCUT2D eigenvalue weighted by molar-refractivity contribution is -0.0602. The van der Waals surface area contributed by atoms with Crippen molar-refractivity contribution < 1.29 is 9.84 Å². The summed E-state index contributed by atoms with van der Waals surface area (Å²) < 4.78 is 5.93. The van der Waals surface area contributed by atoms with Crippen LogP contribution < -0.4 is 0 Å². The van der Waals surface area contributed by atoms with E-state index in [0.717, 1.165) is 31.5 Å². The van der Waals surface area contributed by atoms with Crippen LogP contribution in [0.4, 0.5) is 0 Å². The first kappa shape index (κ1) is 18.5. The Hall–Kier alpha value is -1.32. The number of hydrogen-bond acceptors (Lipinski definition) is 3. The van der Waals surface area contributed by atoms with Crippen LogP contribution in [-0.4, -0.2) is 41.8 Å². The normalized spacial score (nSPS) is 29.6. The van der Waals surface area contributed by atoms with Gasteiger partial charge in [0.25, 0.3) is 0 Å². The molecular formula is C22H33NO2. The number of rotatable bonds is 5. The Morgan fingerprint density at radius 1 is 1.36 bits per heavy atom. The van der Waals surface area contributed by atoms with Crippen LogP contribution in [0.25, 0.3) is 0 Å². The number of phenols is 1. The minimum absolute atomic E-state index is 0.107. The van der Waals surface area contributed by atoms with Crippen LogP contribution in [0.5, 0.6) is 5.75 Å². The maximum absolute atomic E-state index is 10.5. The zero-order valence-corrected chi connectivity index (χ0v) is 16.4. The van der Waals surface area contributed by atoms with Crippen molar-refractivity contribution in [2.24, 2.45) is 5.41 Å². The summed E-state index contributed by atoms with van der Waals surface area (Å²) in [4.78, 5) is 2.59. The molecule has 1 aromatic rings. The minimum Gasteiger partial charge on any atom is -0.508 e. The van der Waals surface area contributed by atoms with Gasteiger partial charge in [-0.1, -0.05) is 45.1 Å². The highest BCUT2D eigenvalue weighted by atomic mass is 16.5. The first-order valence-electron chi connectivity index (χ1n) is 9.59. The first-order valence-corrected chi connectivity index (χ1v) is 9.59. The molecule has 0 amide bonds. The maximum atomic E-state index is 10.5. The molecule has 1 N–H and O–H groups in total. The largest absolute Gasteiger partial charge is 0.508 e. The van der Waals surface area contributed by atoms with Crippen LogP contribution in [0, 0.1) is 5.41 Å². The topological polar surface area (TPSA) is 32.7 Å². The monoisotopic (exact) mass is 343 g/mol. The van der Waals surface area contributed by atoms with Crippen molar-refractivity contribution in [3.63, 3.8) is 0 Å². The number of piperidine rings is 1. The fourth-order valence-electron chi connectivity index (χ4n) is 4.95. The molecule has 2 unspecified atom stereocenters. The number of phenolic OH excluding ortho intramolecular Hbond substituents is 1. The summed E-state index contributed by atoms with van der Waals surface area (Å²) in [5.74, 6) is 0.462. The summed E-state index contributed by atoms with van der Waals surface area (Å²) in [6.07, 6.45) is 6.34. The highest BCUT2D eigenvalue weighted by molar-refractivity contribution is 5.48. The van der Waals surface area contributed by atoms with Crippen LogP contribution in [0.1, 0.15) is 52.2 Å². The molecule has 3 rings (SSSR count). The fraction of sp³-hybridized carbons (Fsp3) is 0.636. The Kier molecular flexibility index (Phi) is 5.00. The van der Waals surface area contributed by atoms with E-state index in [0.29, 0.717) is 18.4 Å². The summed E-state index contributed by atoms with van der Waals surface area (Å²) in [6, 6.07) is 6.49. The average molecular weight is 344 g/mol. The number of allylic oxidation sites excluding steroid dienone is 1. The van der Waals surface area contributed by atoms with Gasteiger partial charge in [-0.25, -0.2) is 0 Å². The summed E-state index contributed by atoms with van der Waals surface area (Å²) in [7, 11) is 0. The van der Waals surface area contributed by atoms with Crippen LogP contribution in [-0.2, 0) is 16.6 Å². The van der Waals surface area contributed by atoms with E-state index in [4.69, 9.17) is 4.74 Å². The molecule has 1 aliphatic carbocycles. The third-order valence-electron chi connectivity index (χ3n) is 6.94. The van der Waals surface area contributed by atoms with Crippen molar-refractivity contribution in [3.05, 3.63) is 41.5 Å². The third kappa shape index (κ3) is 3.02. The molecular weight excluding hydrogens is 310 g/mol. The van der Waals surface area contributed by atoms with E-state index < -0.39 is 0 Å². The standard InChI is InChI=1S/C22H33NO2/c1-6-7-13-25-16(2)15-23-12-11-22(5)18-9-8-10-19(24)17(18)14-20(23)21(22,3)4/h6-10,16,20,24H,11-15H2,1-5H3/t16?,20-,22?/m1/s1. The van der Waals surface area contributed by atoms with Gasteiger partial charge in [0.05, 0.1) is 12.7 Å². The second kappa shape index (κ2) is 6.77. The molecule has 1 heterocycles. The molecule has 3 atom stereocenters. The highest BCUT2D eigenvalue weighted by Crippen LogP contribution is 2.57. The number of aromatic hydroxyl groups is 1. The SMILES string of the molecule is CC=CCOC(C)CN1CCC2(C)c3cccc(O)c3C[C@@H]1C2(C)C. The number of hydrogen-bond donors (Lipinski definition) is 1. The van der Waals surface area contributed by atoms with Crippen molar-refractivity contribution in [2.75, 3.05) is 19.7 Å². The Balaban J connectivity index is 1.86. The molecule has 1 aromatic carbocycles. The maximum Gasteiger partial charge on any atom is 0.119 e. The molecule has 0 radical (unpaired) electrons. The number of ether oxygens (including phenoxy) is 1. The molecule has 25 heavy (non-hydrogen) atoms. The van der Waals surface area contributed by atoms with Gasteiger partial charge in [-0.15, -0.1) is 0 Å². The summed E-state index contributed by atoms with van der Waals surface area (Å²) >= 11 is 0. The van der Waals surface area contributed by atoms with Crippen LogP contribution in [0.15, 0.2) is 30.4 Å². The Morgan fingerprint density at radius 3 is 2.84 bits per heavy atom. The molecule has 0 saturated carbocycles. The van der Waals surface area contributed by atoms with Gasteiger partial charge in [0, 0.05) is 18.0 Å². The van der Waals surface area contributed by atoms with Gasteiger partial charge in [-0.3, -0.25) is 4.90 Å². The van der Waals surface area contributed by atoms with E-state index in [1.54, 1.807) is 0 Å². The van der Waals surface area contributed by atoms with Gasteiger partial charge < -0.3 is 9.84 Å². The highest BCUT2D eigenvalue weighted by Gasteiger charge is 2.56. The average Bonchev–Trinajstić information content (AvgIpc) is 2.54. The predicted molar refractivity (Wildman–Crippen MR) is 103 cm³/mol. The molecule has 138 valence electrons. The lowest BCUT2D eigenvalue weighted by Crippen LogP contribution is -2.64. The molecule has 1 aliphatic heterocycles. The zero-order valence-electron chi connectivity index (χ0n) is 16.4. The van der Waals surface area contributed by atoms with Crippen molar-refractivity contribution >= 4 is 0 Å². The summed E-state index contributed by atoms with van der Waals surface area (Å²) in [5.41, 5.74) is 2.78. The van der Waals surface area contributed by atoms with Crippen molar-refractivity contribution in [1.29, 1.82) is 0 Å². The molecule has 0 spiro atoms. The third-order valence-corrected chi connectivity index (χ3v) is 6.94. The predicted octanol–water partition coefficient (Wildman–Crippen LogP) is 4.29. The molecule has 3 nitrogen and oxygen atoms in total. The summed E-state index contributed by atoms with van der Waals surface area (Å²) in [5, 5.41) is 10.5. The van der Waals surface area contributed by atoms with Gasteiger partial charge in [0.1, 0.15) is 5.75 Å². The molecule has 3 heteroatoms. The lowest BCUT2D eigenvalue weighted by atomic mass is 9.51. The smallest absolute Gasteiger partial charge is 0.119 e. The minimum atomic E-state index is 0.107. The lowest BCUT2D eigenvalue weighted by Gasteiger charge is -2.61. The molecule has 2 bridgehead atoms. The number of likely N-dealkylation sites (tertiary alicyclic amines) is 1. The molecule has 1 saturated heterocycles. The van der Waals surface area contributed by atoms with E-state index in [2.05, 4.69) is 44.7 Å². The van der Waals surface area contributed by atoms with Crippen LogP contribution in [0.2, 0.25) is 0 Å².